The van der Waals surface area contributed by atoms with Crippen molar-refractivity contribution in [1.29, 1.82) is 0 Å². The summed E-state index contributed by atoms with van der Waals surface area (Å²) in [6.45, 7) is 91.9. The first kappa shape index (κ1) is 83.1. The first-order valence-electron chi connectivity index (χ1n) is 29.5. The van der Waals surface area contributed by atoms with Gasteiger partial charge < -0.3 is 26.6 Å². The van der Waals surface area contributed by atoms with E-state index in [4.69, 9.17) is 26.6 Å². The second kappa shape index (κ2) is 28.1. The zero-order valence-corrected chi connectivity index (χ0v) is 65.9. The van der Waals surface area contributed by atoms with Gasteiger partial charge in [0.05, 0.1) is 36.6 Å². The van der Waals surface area contributed by atoms with Gasteiger partial charge in [0, 0.05) is 0 Å². The molecule has 0 aromatic rings. The van der Waals surface area contributed by atoms with Crippen LogP contribution < -0.4 is 56.6 Å². The zero-order chi connectivity index (χ0) is 58.7. The maximum absolute atomic E-state index is 6.98. The van der Waals surface area contributed by atoms with Crippen LogP contribution in [0, 0.1) is 79.3 Å². The van der Waals surface area contributed by atoms with Crippen molar-refractivity contribution >= 4 is 49.9 Å². The van der Waals surface area contributed by atoms with Gasteiger partial charge >= 0.3 is 56.6 Å². The van der Waals surface area contributed by atoms with Gasteiger partial charge in [-0.25, -0.2) is 0 Å². The van der Waals surface area contributed by atoms with Gasteiger partial charge in [0.15, 0.2) is 49.9 Å². The van der Waals surface area contributed by atoms with Gasteiger partial charge in [0.2, 0.25) is 0 Å². The molecule has 12 unspecified atom stereocenters. The Balaban J connectivity index is -0.00000104. The van der Waals surface area contributed by atoms with Crippen LogP contribution in [0.3, 0.4) is 0 Å². The van der Waals surface area contributed by atoms with Crippen molar-refractivity contribution in [3.8, 4) is 0 Å². The molecule has 12 atom stereocenters. The number of hydrogen-bond donors (Lipinski definition) is 0. The molecule has 3 fully saturated rings. The Bertz CT molecular complexity index is 1600. The van der Waals surface area contributed by atoms with E-state index in [9.17, 15) is 0 Å². The van der Waals surface area contributed by atoms with Crippen molar-refractivity contribution in [3.05, 3.63) is 0 Å². The first-order chi connectivity index (χ1) is 31.4. The van der Waals surface area contributed by atoms with Gasteiger partial charge in [-0.05, 0) is 210 Å². The van der Waals surface area contributed by atoms with Crippen LogP contribution in [0.4, 0.5) is 0 Å². The van der Waals surface area contributed by atoms with Gasteiger partial charge in [0.1, 0.15) is 0 Å². The number of rotatable bonds is 12. The Labute approximate surface area is 520 Å². The maximum Gasteiger partial charge on any atom is 1.00 e. The second-order valence-electron chi connectivity index (χ2n) is 37.2. The van der Waals surface area contributed by atoms with Gasteiger partial charge in [-0.15, -0.1) is 0 Å². The summed E-state index contributed by atoms with van der Waals surface area (Å²) in [5.74, 6) is 3.89. The molecule has 0 aromatic carbocycles. The van der Waals surface area contributed by atoms with E-state index in [2.05, 4.69) is 263 Å². The molecule has 0 saturated heterocycles. The first-order valence-corrected chi connectivity index (χ1v) is 49.9. The Hall–Kier alpha value is 2.85. The third-order valence-electron chi connectivity index (χ3n) is 15.4. The van der Waals surface area contributed by atoms with Crippen molar-refractivity contribution in [2.24, 2.45) is 79.3 Å². The van der Waals surface area contributed by atoms with E-state index in [1.165, 1.54) is 6.42 Å². The third-order valence-corrected chi connectivity index (χ3v) is 21.3. The average molecular weight is 1150 g/mol. The molecule has 3 saturated carbocycles. The third kappa shape index (κ3) is 27.5. The smallest absolute Gasteiger partial charge is 0.412 e. The fraction of sp³-hybridized carbons (Fsp3) is 1.00. The summed E-state index contributed by atoms with van der Waals surface area (Å²) in [7, 11) is -9.83. The number of hydrogen-bond acceptors (Lipinski definition) is 6. The monoisotopic (exact) mass is 1150 g/mol. The van der Waals surface area contributed by atoms with E-state index in [0.717, 1.165) is 6.42 Å². The molecule has 0 aliphatic heterocycles. The van der Waals surface area contributed by atoms with Crippen LogP contribution in [-0.2, 0) is 26.6 Å². The van der Waals surface area contributed by atoms with Crippen LogP contribution in [0.1, 0.15) is 158 Å². The fourth-order valence-electron chi connectivity index (χ4n) is 13.2. The van der Waals surface area contributed by atoms with Crippen LogP contribution in [0.2, 0.25) is 118 Å². The van der Waals surface area contributed by atoms with E-state index >= 15 is 0 Å². The molecule has 15 heteroatoms. The second-order valence-corrected chi connectivity index (χ2v) is 64.0. The molecule has 3 aliphatic rings. The van der Waals surface area contributed by atoms with E-state index in [0.29, 0.717) is 41.4 Å². The molecule has 438 valence electrons. The Morgan fingerprint density at radius 2 is 0.434 bits per heavy atom. The molecule has 0 radical (unpaired) electrons. The SMILES string of the molecule is CC(C)(C)C1C(O[Si](C)(C)C)C(O[Si](C)(C)C)C(C(C)(C)C)C1C(C)(C)C.CC(C)(C)C1CC(C(C)(C)C)C(O[Si](C)(C)C)C1O[Si](C)(C)C.CC(C)(C)C1CC(O[Si](C)(C)C)C(O[Si](C)(C)C)C1C(C)(C)C.[Li+].[Li+].[Li+]. The molecule has 0 heterocycles. The van der Waals surface area contributed by atoms with Gasteiger partial charge in [-0.2, -0.15) is 0 Å². The zero-order valence-electron chi connectivity index (χ0n) is 59.9. The van der Waals surface area contributed by atoms with E-state index in [-0.39, 0.29) is 131 Å². The molecule has 0 aromatic heterocycles. The van der Waals surface area contributed by atoms with Crippen LogP contribution in [-0.4, -0.2) is 86.5 Å². The topological polar surface area (TPSA) is 55.4 Å². The van der Waals surface area contributed by atoms with E-state index < -0.39 is 49.9 Å². The van der Waals surface area contributed by atoms with Gasteiger partial charge in [-0.1, -0.05) is 145 Å². The van der Waals surface area contributed by atoms with Crippen molar-refractivity contribution in [2.75, 3.05) is 0 Å². The molecule has 6 nitrogen and oxygen atoms in total. The molecule has 0 bridgehead atoms. The summed E-state index contributed by atoms with van der Waals surface area (Å²) in [5, 5.41) is 0. The molecule has 0 amide bonds. The predicted octanol–water partition coefficient (Wildman–Crippen LogP) is 10.7. The van der Waals surface area contributed by atoms with E-state index in [1.54, 1.807) is 0 Å². The molecular formula is C61H134Li3O6Si6+3. The van der Waals surface area contributed by atoms with Gasteiger partial charge in [0.25, 0.3) is 0 Å². The summed E-state index contributed by atoms with van der Waals surface area (Å²) in [4.78, 5) is 0. The van der Waals surface area contributed by atoms with Crippen LogP contribution in [0.5, 0.6) is 0 Å². The minimum absolute atomic E-state index is 0. The standard InChI is InChI=1S/C23H50O2Si2.2C19H42O2Si2.3Li/c1-21(2,3)16-17(22(4,5)6)19(24-26(10,11)12)20(25-27(13,14)15)18(16)23(7,8)9;1-18(2,3)14-13-15(20-22(7,8)9)17(21-23(10,11)12)16(14)19(4,5)6;1-18(2,3)14-13-15(19(4,5)6)17(21-23(10,11)12)16(14)20-22(7,8)9;;;/h16-20H,1-15H3;2*14-17H,13H2,1-12H3;;;/q;;;3*+1. The van der Waals surface area contributed by atoms with Crippen LogP contribution in [0.15, 0.2) is 0 Å². The van der Waals surface area contributed by atoms with Crippen molar-refractivity contribution in [3.63, 3.8) is 0 Å². The average Bonchev–Trinajstić information content (AvgIpc) is 3.66. The summed E-state index contributed by atoms with van der Waals surface area (Å²) >= 11 is 0. The van der Waals surface area contributed by atoms with Crippen molar-refractivity contribution in [2.45, 2.75) is 313 Å². The summed E-state index contributed by atoms with van der Waals surface area (Å²) < 4.78 is 40.9. The largest absolute Gasteiger partial charge is 1.00 e. The normalized spacial score (nSPS) is 29.8. The predicted molar refractivity (Wildman–Crippen MR) is 339 cm³/mol. The summed E-state index contributed by atoms with van der Waals surface area (Å²) in [6, 6.07) is 0. The summed E-state index contributed by atoms with van der Waals surface area (Å²) in [6.07, 6.45) is 3.76. The molecule has 0 N–H and O–H groups in total. The Morgan fingerprint density at radius 3 is 0.632 bits per heavy atom. The Morgan fingerprint density at radius 1 is 0.224 bits per heavy atom. The maximum atomic E-state index is 6.98. The van der Waals surface area contributed by atoms with Crippen molar-refractivity contribution < 1.29 is 83.1 Å². The van der Waals surface area contributed by atoms with Crippen LogP contribution in [0.25, 0.3) is 0 Å². The van der Waals surface area contributed by atoms with Crippen molar-refractivity contribution in [1.82, 2.24) is 0 Å². The minimum Gasteiger partial charge on any atom is -0.412 e. The molecule has 3 aliphatic carbocycles. The van der Waals surface area contributed by atoms with Gasteiger partial charge in [-0.3, -0.25) is 0 Å². The molecule has 3 rings (SSSR count). The molecule has 76 heavy (non-hydrogen) atoms. The fourth-order valence-corrected chi connectivity index (χ4v) is 19.9. The minimum atomic E-state index is -1.70. The van der Waals surface area contributed by atoms with Crippen LogP contribution >= 0.6 is 0 Å². The molecule has 0 spiro atoms. The Kier molecular flexibility index (Phi) is 30.7. The summed E-state index contributed by atoms with van der Waals surface area (Å²) in [5.41, 5.74) is 1.62. The van der Waals surface area contributed by atoms with E-state index in [1.807, 2.05) is 0 Å². The molecular weight excluding hydrogens is 1020 g/mol. The quantitative estimate of drug-likeness (QED) is 0.182.